The highest BCUT2D eigenvalue weighted by Crippen LogP contribution is 2.03. The van der Waals surface area contributed by atoms with Crippen LogP contribution in [0.15, 0.2) is 0 Å². The van der Waals surface area contributed by atoms with Crippen LogP contribution in [0.2, 0.25) is 0 Å². The number of rotatable bonds is 4. The van der Waals surface area contributed by atoms with Crippen molar-refractivity contribution in [2.24, 2.45) is 0 Å². The van der Waals surface area contributed by atoms with Gasteiger partial charge < -0.3 is 0 Å². The molecule has 0 heterocycles. The zero-order valence-electron chi connectivity index (χ0n) is 5.36. The molecule has 0 spiro atoms. The van der Waals surface area contributed by atoms with Gasteiger partial charge >= 0.3 is 0 Å². The third-order valence-corrected chi connectivity index (χ3v) is 1.58. The van der Waals surface area contributed by atoms with E-state index < -0.39 is 6.17 Å². The normalized spacial score (nSPS) is 13.2. The van der Waals surface area contributed by atoms with Gasteiger partial charge in [-0.15, -0.1) is 0 Å². The number of carbonyl (C=O) groups excluding carboxylic acids is 1. The van der Waals surface area contributed by atoms with Crippen molar-refractivity contribution in [1.82, 2.24) is 0 Å². The van der Waals surface area contributed by atoms with Crippen molar-refractivity contribution in [2.75, 3.05) is 5.33 Å². The number of alkyl halides is 2. The van der Waals surface area contributed by atoms with E-state index in [0.717, 1.165) is 6.42 Å². The molecule has 0 aromatic carbocycles. The summed E-state index contributed by atoms with van der Waals surface area (Å²) in [6.45, 7) is 1.86. The van der Waals surface area contributed by atoms with E-state index in [9.17, 15) is 9.18 Å². The predicted octanol–water partition coefficient (Wildman–Crippen LogP) is 2.09. The second-order valence-electron chi connectivity index (χ2n) is 1.86. The van der Waals surface area contributed by atoms with Gasteiger partial charge in [0.25, 0.3) is 0 Å². The standard InChI is InChI=1S/C6H10BrFO/c1-2-3-5(8)6(9)4-7/h5H,2-4H2,1H3. The summed E-state index contributed by atoms with van der Waals surface area (Å²) in [6.07, 6.45) is -0.181. The van der Waals surface area contributed by atoms with Gasteiger partial charge in [-0.1, -0.05) is 29.3 Å². The molecule has 1 atom stereocenters. The van der Waals surface area contributed by atoms with E-state index in [1.54, 1.807) is 0 Å². The number of hydrogen-bond acceptors (Lipinski definition) is 1. The number of ketones is 1. The van der Waals surface area contributed by atoms with Crippen LogP contribution in [0, 0.1) is 0 Å². The first-order valence-corrected chi connectivity index (χ1v) is 4.07. The molecular weight excluding hydrogens is 187 g/mol. The van der Waals surface area contributed by atoms with Crippen molar-refractivity contribution in [3.05, 3.63) is 0 Å². The Hall–Kier alpha value is 0.0800. The topological polar surface area (TPSA) is 17.1 Å². The molecule has 0 fully saturated rings. The molecule has 54 valence electrons. The quantitative estimate of drug-likeness (QED) is 0.630. The fourth-order valence-corrected chi connectivity index (χ4v) is 0.849. The van der Waals surface area contributed by atoms with E-state index in [-0.39, 0.29) is 11.1 Å². The molecule has 0 bridgehead atoms. The lowest BCUT2D eigenvalue weighted by Crippen LogP contribution is -2.15. The Balaban J connectivity index is 3.45. The van der Waals surface area contributed by atoms with E-state index in [1.165, 1.54) is 0 Å². The largest absolute Gasteiger partial charge is 0.295 e. The Morgan fingerprint density at radius 1 is 1.78 bits per heavy atom. The summed E-state index contributed by atoms with van der Waals surface area (Å²) in [5.41, 5.74) is 0. The summed E-state index contributed by atoms with van der Waals surface area (Å²) in [7, 11) is 0. The minimum atomic E-state index is -1.26. The molecule has 0 aromatic rings. The molecule has 9 heavy (non-hydrogen) atoms. The minimum absolute atomic E-state index is 0.133. The van der Waals surface area contributed by atoms with Gasteiger partial charge in [0.15, 0.2) is 12.0 Å². The van der Waals surface area contributed by atoms with E-state index in [1.807, 2.05) is 6.92 Å². The first kappa shape index (κ1) is 9.08. The van der Waals surface area contributed by atoms with Gasteiger partial charge in [0.1, 0.15) is 0 Å². The van der Waals surface area contributed by atoms with E-state index in [2.05, 4.69) is 15.9 Å². The van der Waals surface area contributed by atoms with Crippen LogP contribution in [-0.4, -0.2) is 17.3 Å². The third kappa shape index (κ3) is 3.62. The second kappa shape index (κ2) is 4.91. The summed E-state index contributed by atoms with van der Waals surface area (Å²) >= 11 is 2.90. The van der Waals surface area contributed by atoms with Gasteiger partial charge in [-0.3, -0.25) is 4.79 Å². The second-order valence-corrected chi connectivity index (χ2v) is 2.42. The number of carbonyl (C=O) groups is 1. The number of halogens is 2. The molecule has 1 nitrogen and oxygen atoms in total. The van der Waals surface area contributed by atoms with Crippen LogP contribution >= 0.6 is 15.9 Å². The molecule has 0 aliphatic heterocycles. The highest BCUT2D eigenvalue weighted by Gasteiger charge is 2.13. The summed E-state index contributed by atoms with van der Waals surface area (Å²) in [5, 5.41) is 0.133. The fraction of sp³-hybridized carbons (Fsp3) is 0.833. The van der Waals surface area contributed by atoms with Crippen molar-refractivity contribution >= 4 is 21.7 Å². The van der Waals surface area contributed by atoms with Crippen molar-refractivity contribution < 1.29 is 9.18 Å². The molecule has 0 aliphatic carbocycles. The Morgan fingerprint density at radius 3 is 2.67 bits per heavy atom. The van der Waals surface area contributed by atoms with Gasteiger partial charge in [0, 0.05) is 0 Å². The average Bonchev–Trinajstić information content (AvgIpc) is 1.87. The van der Waals surface area contributed by atoms with Crippen molar-refractivity contribution in [2.45, 2.75) is 25.9 Å². The minimum Gasteiger partial charge on any atom is -0.295 e. The Morgan fingerprint density at radius 2 is 2.33 bits per heavy atom. The smallest absolute Gasteiger partial charge is 0.177 e. The number of hydrogen-bond donors (Lipinski definition) is 0. The van der Waals surface area contributed by atoms with Gasteiger partial charge in [-0.25, -0.2) is 4.39 Å². The SMILES string of the molecule is CCCC(F)C(=O)CBr. The molecule has 0 aromatic heterocycles. The first-order valence-electron chi connectivity index (χ1n) is 2.95. The maximum absolute atomic E-state index is 12.4. The Kier molecular flexibility index (Phi) is 4.96. The molecule has 0 amide bonds. The Bertz CT molecular complexity index is 95.1. The zero-order chi connectivity index (χ0) is 7.28. The van der Waals surface area contributed by atoms with E-state index in [4.69, 9.17) is 0 Å². The van der Waals surface area contributed by atoms with Crippen LogP contribution in [0.4, 0.5) is 4.39 Å². The van der Waals surface area contributed by atoms with Crippen LogP contribution in [0.5, 0.6) is 0 Å². The summed E-state index contributed by atoms with van der Waals surface area (Å²) in [6, 6.07) is 0. The van der Waals surface area contributed by atoms with Crippen LogP contribution in [-0.2, 0) is 4.79 Å². The molecule has 0 aliphatic rings. The molecule has 0 rings (SSSR count). The Labute approximate surface area is 62.8 Å². The van der Waals surface area contributed by atoms with Crippen LogP contribution in [0.1, 0.15) is 19.8 Å². The zero-order valence-corrected chi connectivity index (χ0v) is 6.95. The molecular formula is C6H10BrFO. The molecule has 0 saturated carbocycles. The van der Waals surface area contributed by atoms with Gasteiger partial charge in [-0.2, -0.15) is 0 Å². The van der Waals surface area contributed by atoms with Crippen molar-refractivity contribution in [3.63, 3.8) is 0 Å². The summed E-state index contributed by atoms with van der Waals surface area (Å²) in [5.74, 6) is -0.350. The lowest BCUT2D eigenvalue weighted by Gasteiger charge is -2.00. The van der Waals surface area contributed by atoms with Crippen LogP contribution in [0.25, 0.3) is 0 Å². The van der Waals surface area contributed by atoms with Gasteiger partial charge in [-0.05, 0) is 6.42 Å². The van der Waals surface area contributed by atoms with Crippen LogP contribution in [0.3, 0.4) is 0 Å². The van der Waals surface area contributed by atoms with E-state index in [0.29, 0.717) is 6.42 Å². The van der Waals surface area contributed by atoms with Crippen molar-refractivity contribution in [1.29, 1.82) is 0 Å². The highest BCUT2D eigenvalue weighted by atomic mass is 79.9. The van der Waals surface area contributed by atoms with Crippen LogP contribution < -0.4 is 0 Å². The number of Topliss-reactive ketones (excluding diaryl/α,β-unsaturated/α-hetero) is 1. The molecule has 0 N–H and O–H groups in total. The predicted molar refractivity (Wildman–Crippen MR) is 38.6 cm³/mol. The van der Waals surface area contributed by atoms with Gasteiger partial charge in [0.2, 0.25) is 0 Å². The lowest BCUT2D eigenvalue weighted by atomic mass is 10.2. The summed E-state index contributed by atoms with van der Waals surface area (Å²) < 4.78 is 12.4. The molecule has 0 saturated heterocycles. The first-order chi connectivity index (χ1) is 4.22. The van der Waals surface area contributed by atoms with Gasteiger partial charge in [0.05, 0.1) is 5.33 Å². The van der Waals surface area contributed by atoms with E-state index >= 15 is 0 Å². The maximum atomic E-state index is 12.4. The summed E-state index contributed by atoms with van der Waals surface area (Å²) in [4.78, 5) is 10.5. The fourth-order valence-electron chi connectivity index (χ4n) is 0.498. The highest BCUT2D eigenvalue weighted by molar-refractivity contribution is 9.09. The average molecular weight is 197 g/mol. The lowest BCUT2D eigenvalue weighted by molar-refractivity contribution is -0.121. The molecule has 0 radical (unpaired) electrons. The molecule has 1 unspecified atom stereocenters. The molecule has 3 heteroatoms. The van der Waals surface area contributed by atoms with Crippen molar-refractivity contribution in [3.8, 4) is 0 Å². The monoisotopic (exact) mass is 196 g/mol. The maximum Gasteiger partial charge on any atom is 0.177 e. The third-order valence-electron chi connectivity index (χ3n) is 1.02.